The molecule has 0 saturated carbocycles. The van der Waals surface area contributed by atoms with Gasteiger partial charge in [-0.3, -0.25) is 4.79 Å². The van der Waals surface area contributed by atoms with Gasteiger partial charge in [0.05, 0.1) is 5.56 Å². The Hall–Kier alpha value is -2.69. The Kier molecular flexibility index (Phi) is 4.66. The van der Waals surface area contributed by atoms with Gasteiger partial charge < -0.3 is 9.47 Å². The Labute approximate surface area is 121 Å². The molecule has 2 aromatic rings. The Balaban J connectivity index is 2.17. The molecule has 5 heteroatoms. The highest BCUT2D eigenvalue weighted by molar-refractivity contribution is 5.91. The first-order chi connectivity index (χ1) is 10.1. The van der Waals surface area contributed by atoms with Crippen LogP contribution in [0.5, 0.6) is 11.5 Å². The number of carbonyl (C=O) groups excluding carboxylic acids is 2. The highest BCUT2D eigenvalue weighted by Crippen LogP contribution is 2.27. The molecular weight excluding hydrogens is 275 g/mol. The molecule has 0 aliphatic heterocycles. The summed E-state index contributed by atoms with van der Waals surface area (Å²) in [5.41, 5.74) is 0.202. The third-order valence-corrected chi connectivity index (χ3v) is 2.64. The highest BCUT2D eigenvalue weighted by Gasteiger charge is 2.14. The normalized spacial score (nSPS) is 10.0. The molecule has 0 radical (unpaired) electrons. The van der Waals surface area contributed by atoms with Crippen molar-refractivity contribution < 1.29 is 23.5 Å². The number of esters is 2. The summed E-state index contributed by atoms with van der Waals surface area (Å²) in [5.74, 6) is -1.23. The zero-order valence-corrected chi connectivity index (χ0v) is 11.3. The predicted octanol–water partition coefficient (Wildman–Crippen LogP) is 3.36. The molecule has 0 fully saturated rings. The van der Waals surface area contributed by atoms with Crippen LogP contribution >= 0.6 is 0 Å². The summed E-state index contributed by atoms with van der Waals surface area (Å²) in [5, 5.41) is 0. The first-order valence-corrected chi connectivity index (χ1v) is 6.37. The fourth-order valence-corrected chi connectivity index (χ4v) is 1.56. The van der Waals surface area contributed by atoms with Gasteiger partial charge in [0, 0.05) is 6.42 Å². The van der Waals surface area contributed by atoms with E-state index < -0.39 is 17.8 Å². The molecule has 21 heavy (non-hydrogen) atoms. The van der Waals surface area contributed by atoms with Gasteiger partial charge in [-0.25, -0.2) is 9.18 Å². The Bertz CT molecular complexity index is 650. The molecule has 0 atom stereocenters. The fraction of sp³-hybridized carbons (Fsp3) is 0.125. The lowest BCUT2D eigenvalue weighted by molar-refractivity contribution is -0.134. The van der Waals surface area contributed by atoms with Crippen molar-refractivity contribution in [1.82, 2.24) is 0 Å². The lowest BCUT2D eigenvalue weighted by atomic mass is 10.2. The molecule has 0 saturated heterocycles. The second-order valence-electron chi connectivity index (χ2n) is 4.17. The number of benzene rings is 2. The van der Waals surface area contributed by atoms with Crippen LogP contribution in [0.3, 0.4) is 0 Å². The van der Waals surface area contributed by atoms with Crippen molar-refractivity contribution in [1.29, 1.82) is 0 Å². The molecule has 2 aromatic carbocycles. The van der Waals surface area contributed by atoms with E-state index in [2.05, 4.69) is 0 Å². The van der Waals surface area contributed by atoms with E-state index in [4.69, 9.17) is 9.47 Å². The molecule has 0 spiro atoms. The number of hydrogen-bond acceptors (Lipinski definition) is 4. The summed E-state index contributed by atoms with van der Waals surface area (Å²) in [6, 6.07) is 11.3. The molecule has 0 amide bonds. The van der Waals surface area contributed by atoms with E-state index in [1.54, 1.807) is 19.1 Å². The standard InChI is InChI=1S/C16H13FO4/c1-2-15(18)20-13-5-3-4-6-14(13)21-16(19)11-7-9-12(17)10-8-11/h3-10H,2H2,1H3. The van der Waals surface area contributed by atoms with Crippen molar-refractivity contribution in [3.05, 3.63) is 59.9 Å². The minimum atomic E-state index is -0.657. The number of ether oxygens (including phenoxy) is 2. The van der Waals surface area contributed by atoms with Gasteiger partial charge in [-0.2, -0.15) is 0 Å². The van der Waals surface area contributed by atoms with E-state index in [1.165, 1.54) is 36.4 Å². The molecule has 4 nitrogen and oxygen atoms in total. The van der Waals surface area contributed by atoms with Crippen molar-refractivity contribution >= 4 is 11.9 Å². The van der Waals surface area contributed by atoms with Crippen LogP contribution in [-0.2, 0) is 4.79 Å². The molecule has 2 rings (SSSR count). The quantitative estimate of drug-likeness (QED) is 0.639. The maximum atomic E-state index is 12.8. The zero-order chi connectivity index (χ0) is 15.2. The van der Waals surface area contributed by atoms with Crippen LogP contribution in [0.1, 0.15) is 23.7 Å². The summed E-state index contributed by atoms with van der Waals surface area (Å²) in [4.78, 5) is 23.3. The van der Waals surface area contributed by atoms with Crippen molar-refractivity contribution in [2.24, 2.45) is 0 Å². The molecular formula is C16H13FO4. The molecule has 0 unspecified atom stereocenters. The first kappa shape index (κ1) is 14.7. The number of carbonyl (C=O) groups is 2. The number of para-hydroxylation sites is 2. The lowest BCUT2D eigenvalue weighted by Crippen LogP contribution is -2.11. The molecule has 0 N–H and O–H groups in total. The van der Waals surface area contributed by atoms with E-state index in [0.29, 0.717) is 0 Å². The van der Waals surface area contributed by atoms with Gasteiger partial charge in [0.25, 0.3) is 0 Å². The molecule has 0 aliphatic rings. The number of rotatable bonds is 4. The van der Waals surface area contributed by atoms with Gasteiger partial charge in [0.2, 0.25) is 0 Å². The number of halogens is 1. The SMILES string of the molecule is CCC(=O)Oc1ccccc1OC(=O)c1ccc(F)cc1. The second-order valence-corrected chi connectivity index (χ2v) is 4.17. The van der Waals surface area contributed by atoms with Gasteiger partial charge in [-0.15, -0.1) is 0 Å². The van der Waals surface area contributed by atoms with Crippen molar-refractivity contribution in [2.45, 2.75) is 13.3 Å². The summed E-state index contributed by atoms with van der Waals surface area (Å²) >= 11 is 0. The molecule has 0 aromatic heterocycles. The minimum absolute atomic E-state index is 0.133. The van der Waals surface area contributed by atoms with Gasteiger partial charge in [0.1, 0.15) is 5.82 Å². The Morgan fingerprint density at radius 1 is 0.952 bits per heavy atom. The summed E-state index contributed by atoms with van der Waals surface area (Å²) < 4.78 is 23.1. The Morgan fingerprint density at radius 2 is 1.52 bits per heavy atom. The molecule has 0 heterocycles. The predicted molar refractivity (Wildman–Crippen MR) is 73.7 cm³/mol. The maximum Gasteiger partial charge on any atom is 0.343 e. The average Bonchev–Trinajstić information content (AvgIpc) is 2.49. The monoisotopic (exact) mass is 288 g/mol. The first-order valence-electron chi connectivity index (χ1n) is 6.37. The van der Waals surface area contributed by atoms with Gasteiger partial charge in [-0.05, 0) is 36.4 Å². The highest BCUT2D eigenvalue weighted by atomic mass is 19.1. The van der Waals surface area contributed by atoms with Gasteiger partial charge in [0.15, 0.2) is 11.5 Å². The van der Waals surface area contributed by atoms with Crippen LogP contribution in [0.4, 0.5) is 4.39 Å². The van der Waals surface area contributed by atoms with E-state index in [1.807, 2.05) is 0 Å². The van der Waals surface area contributed by atoms with Crippen LogP contribution in [0.25, 0.3) is 0 Å². The summed E-state index contributed by atoms with van der Waals surface area (Å²) in [6.07, 6.45) is 0.209. The summed E-state index contributed by atoms with van der Waals surface area (Å²) in [6.45, 7) is 1.66. The second kappa shape index (κ2) is 6.65. The average molecular weight is 288 g/mol. The summed E-state index contributed by atoms with van der Waals surface area (Å²) in [7, 11) is 0. The van der Waals surface area contributed by atoms with Gasteiger partial charge in [-0.1, -0.05) is 19.1 Å². The van der Waals surface area contributed by atoms with E-state index in [0.717, 1.165) is 0 Å². The van der Waals surface area contributed by atoms with Crippen molar-refractivity contribution in [3.8, 4) is 11.5 Å². The van der Waals surface area contributed by atoms with Crippen LogP contribution in [0.2, 0.25) is 0 Å². The lowest BCUT2D eigenvalue weighted by Gasteiger charge is -2.09. The van der Waals surface area contributed by atoms with Crippen molar-refractivity contribution in [3.63, 3.8) is 0 Å². The third kappa shape index (κ3) is 3.89. The van der Waals surface area contributed by atoms with Crippen LogP contribution < -0.4 is 9.47 Å². The van der Waals surface area contributed by atoms with Crippen LogP contribution in [0.15, 0.2) is 48.5 Å². The molecule has 108 valence electrons. The zero-order valence-electron chi connectivity index (χ0n) is 11.3. The van der Waals surface area contributed by atoms with E-state index >= 15 is 0 Å². The number of hydrogen-bond donors (Lipinski definition) is 0. The van der Waals surface area contributed by atoms with Gasteiger partial charge >= 0.3 is 11.9 Å². The van der Waals surface area contributed by atoms with E-state index in [-0.39, 0.29) is 23.5 Å². The third-order valence-electron chi connectivity index (χ3n) is 2.64. The topological polar surface area (TPSA) is 52.6 Å². The Morgan fingerprint density at radius 3 is 2.10 bits per heavy atom. The molecule has 0 bridgehead atoms. The minimum Gasteiger partial charge on any atom is -0.423 e. The van der Waals surface area contributed by atoms with E-state index in [9.17, 15) is 14.0 Å². The van der Waals surface area contributed by atoms with Crippen LogP contribution in [0, 0.1) is 5.82 Å². The van der Waals surface area contributed by atoms with Crippen LogP contribution in [-0.4, -0.2) is 11.9 Å². The molecule has 0 aliphatic carbocycles. The smallest absolute Gasteiger partial charge is 0.343 e. The largest absolute Gasteiger partial charge is 0.423 e. The van der Waals surface area contributed by atoms with Crippen molar-refractivity contribution in [2.75, 3.05) is 0 Å². The fourth-order valence-electron chi connectivity index (χ4n) is 1.56. The maximum absolute atomic E-state index is 12.8.